The Kier molecular flexibility index (Phi) is 21.0. The molecule has 0 radical (unpaired) electrons. The third kappa shape index (κ3) is 11.9. The van der Waals surface area contributed by atoms with Crippen molar-refractivity contribution in [2.45, 2.75) is 178 Å². The second-order valence-electron chi connectivity index (χ2n) is 11.8. The first-order valence-corrected chi connectivity index (χ1v) is 16.8. The van der Waals surface area contributed by atoms with Crippen molar-refractivity contribution in [1.29, 1.82) is 0 Å². The Hall–Kier alpha value is 0. The Labute approximate surface area is 225 Å². The zero-order valence-electron chi connectivity index (χ0n) is 25.3. The third-order valence-electron chi connectivity index (χ3n) is 9.90. The molecule has 0 amide bonds. The summed E-state index contributed by atoms with van der Waals surface area (Å²) in [4.78, 5) is 0. The summed E-state index contributed by atoms with van der Waals surface area (Å²) in [6, 6.07) is 0. The molecule has 0 unspecified atom stereocenters. The van der Waals surface area contributed by atoms with Crippen LogP contribution in [-0.2, 0) is 0 Å². The van der Waals surface area contributed by atoms with Crippen molar-refractivity contribution in [2.75, 3.05) is 0 Å². The predicted octanol–water partition coefficient (Wildman–Crippen LogP) is 12.7. The van der Waals surface area contributed by atoms with E-state index in [0.717, 1.165) is 11.8 Å². The van der Waals surface area contributed by atoms with Crippen LogP contribution in [0.5, 0.6) is 0 Å². The molecule has 0 aromatic rings. The summed E-state index contributed by atoms with van der Waals surface area (Å²) in [6.07, 6.45) is 28.2. The van der Waals surface area contributed by atoms with Crippen LogP contribution in [0.25, 0.3) is 0 Å². The van der Waals surface area contributed by atoms with Crippen molar-refractivity contribution < 1.29 is 0 Å². The maximum absolute atomic E-state index is 2.00. The molecular formula is C35H72. The number of hydrogen-bond donors (Lipinski definition) is 0. The van der Waals surface area contributed by atoms with Gasteiger partial charge in [-0.1, -0.05) is 140 Å². The fraction of sp³-hybridized carbons (Fsp3) is 1.00. The highest BCUT2D eigenvalue weighted by Gasteiger charge is 2.41. The largest absolute Gasteiger partial charge is 0.0776 e. The van der Waals surface area contributed by atoms with Crippen molar-refractivity contribution in [3.63, 3.8) is 0 Å². The van der Waals surface area contributed by atoms with E-state index in [1.807, 2.05) is 55.4 Å². The van der Waals surface area contributed by atoms with Crippen LogP contribution in [0.4, 0.5) is 0 Å². The summed E-state index contributed by atoms with van der Waals surface area (Å²) in [7, 11) is 0. The van der Waals surface area contributed by atoms with Crippen molar-refractivity contribution >= 4 is 0 Å². The van der Waals surface area contributed by atoms with Crippen LogP contribution in [-0.4, -0.2) is 0 Å². The van der Waals surface area contributed by atoms with E-state index in [4.69, 9.17) is 0 Å². The molecule has 0 saturated heterocycles. The predicted molar refractivity (Wildman–Crippen MR) is 163 cm³/mol. The van der Waals surface area contributed by atoms with Crippen LogP contribution in [0.1, 0.15) is 178 Å². The van der Waals surface area contributed by atoms with E-state index < -0.39 is 0 Å². The lowest BCUT2D eigenvalue weighted by molar-refractivity contribution is 0.0198. The molecule has 35 heavy (non-hydrogen) atoms. The molecule has 0 aromatic carbocycles. The Morgan fingerprint density at radius 3 is 0.457 bits per heavy atom. The Morgan fingerprint density at radius 2 is 0.371 bits per heavy atom. The lowest BCUT2D eigenvalue weighted by Gasteiger charge is -2.49. The molecule has 11 saturated carbocycles. The van der Waals surface area contributed by atoms with Crippen molar-refractivity contribution in [2.24, 2.45) is 47.3 Å². The summed E-state index contributed by atoms with van der Waals surface area (Å²) >= 11 is 0. The summed E-state index contributed by atoms with van der Waals surface area (Å²) < 4.78 is 0. The van der Waals surface area contributed by atoms with Gasteiger partial charge in [0, 0.05) is 0 Å². The van der Waals surface area contributed by atoms with Gasteiger partial charge in [-0.15, -0.1) is 0 Å². The molecule has 0 heteroatoms. The standard InChI is InChI=1S/C8H14.C7H12.C6H10.C5H8.4C2H6.CH4/c1-2-8-5-3-7(1)4-6-8;1-2-7-4-3-6(1)5-7;1-2-6-3-5(1)4-6;1-4-2-5(1)3-4;4*1-2;/h7-8H,1-6H2;6-7H,1-5H2;5-6H,1-4H2;4-5H,1-3H2;4*1-2H3;1H4. The number of fused-ring (bicyclic) bond motifs is 6. The monoisotopic (exact) mass is 493 g/mol. The maximum atomic E-state index is 2.00. The summed E-state index contributed by atoms with van der Waals surface area (Å²) in [5, 5.41) is 0. The molecular weight excluding hydrogens is 420 g/mol. The summed E-state index contributed by atoms with van der Waals surface area (Å²) in [6.45, 7) is 16.0. The average molecular weight is 493 g/mol. The van der Waals surface area contributed by atoms with E-state index in [0.29, 0.717) is 0 Å². The van der Waals surface area contributed by atoms with Crippen LogP contribution >= 0.6 is 0 Å². The highest BCUT2D eigenvalue weighted by molar-refractivity contribution is 4.92. The van der Waals surface area contributed by atoms with Crippen LogP contribution in [0, 0.1) is 47.3 Å². The van der Waals surface area contributed by atoms with Gasteiger partial charge in [-0.25, -0.2) is 0 Å². The third-order valence-corrected chi connectivity index (χ3v) is 9.90. The Morgan fingerprint density at radius 1 is 0.229 bits per heavy atom. The zero-order valence-corrected chi connectivity index (χ0v) is 25.3. The van der Waals surface area contributed by atoms with Crippen molar-refractivity contribution in [1.82, 2.24) is 0 Å². The second-order valence-corrected chi connectivity index (χ2v) is 11.8. The van der Waals surface area contributed by atoms with Crippen LogP contribution in [0.15, 0.2) is 0 Å². The quantitative estimate of drug-likeness (QED) is 0.315. The smallest absolute Gasteiger partial charge is 0.0406 e. The van der Waals surface area contributed by atoms with E-state index in [1.165, 1.54) is 35.5 Å². The topological polar surface area (TPSA) is 0 Å². The lowest BCUT2D eigenvalue weighted by atomic mass is 9.56. The van der Waals surface area contributed by atoms with Gasteiger partial charge in [0.2, 0.25) is 0 Å². The summed E-state index contributed by atoms with van der Waals surface area (Å²) in [5.41, 5.74) is 0. The van der Waals surface area contributed by atoms with E-state index in [2.05, 4.69) is 0 Å². The molecule has 0 aromatic heterocycles. The van der Waals surface area contributed by atoms with E-state index >= 15 is 0 Å². The van der Waals surface area contributed by atoms with Crippen LogP contribution in [0.3, 0.4) is 0 Å². The first-order valence-electron chi connectivity index (χ1n) is 16.8. The van der Waals surface area contributed by atoms with E-state index in [-0.39, 0.29) is 7.43 Å². The molecule has 11 rings (SSSR count). The molecule has 212 valence electrons. The fourth-order valence-corrected chi connectivity index (χ4v) is 7.48. The molecule has 0 nitrogen and oxygen atoms in total. The van der Waals surface area contributed by atoms with Gasteiger partial charge in [0.25, 0.3) is 0 Å². The second kappa shape index (κ2) is 21.0. The summed E-state index contributed by atoms with van der Waals surface area (Å²) in [5.74, 6) is 9.44. The van der Waals surface area contributed by atoms with Crippen LogP contribution in [0.2, 0.25) is 0 Å². The minimum Gasteiger partial charge on any atom is -0.0776 e. The SMILES string of the molecule is C.C1C2CC1C2.C1CC2CC1C2.C1CC2CCC1C2.C1CC2CCC1CC2.CC.CC.CC.CC. The molecule has 0 N–H and O–H groups in total. The van der Waals surface area contributed by atoms with Gasteiger partial charge in [0.15, 0.2) is 0 Å². The van der Waals surface area contributed by atoms with Crippen LogP contribution < -0.4 is 0 Å². The first kappa shape index (κ1) is 35.0. The van der Waals surface area contributed by atoms with Crippen molar-refractivity contribution in [3.8, 4) is 0 Å². The maximum Gasteiger partial charge on any atom is -0.0406 e. The van der Waals surface area contributed by atoms with E-state index in [9.17, 15) is 0 Å². The zero-order chi connectivity index (χ0) is 25.3. The highest BCUT2D eigenvalue weighted by atomic mass is 14.5. The fourth-order valence-electron chi connectivity index (χ4n) is 7.48. The van der Waals surface area contributed by atoms with Crippen molar-refractivity contribution in [3.05, 3.63) is 0 Å². The average Bonchev–Trinajstić information content (AvgIpc) is 3.68. The number of hydrogen-bond acceptors (Lipinski definition) is 0. The molecule has 0 spiro atoms. The van der Waals surface area contributed by atoms with Gasteiger partial charge < -0.3 is 0 Å². The number of rotatable bonds is 0. The molecule has 11 aliphatic carbocycles. The van der Waals surface area contributed by atoms with Gasteiger partial charge in [-0.2, -0.15) is 0 Å². The van der Waals surface area contributed by atoms with E-state index in [1.54, 1.807) is 116 Å². The molecule has 8 bridgehead atoms. The Balaban J connectivity index is 0.000000402. The van der Waals surface area contributed by atoms with Gasteiger partial charge >= 0.3 is 0 Å². The van der Waals surface area contributed by atoms with Gasteiger partial charge in [0.1, 0.15) is 0 Å². The van der Waals surface area contributed by atoms with Gasteiger partial charge in [-0.05, 0) is 85.9 Å². The lowest BCUT2D eigenvalue weighted by Crippen LogP contribution is -2.38. The highest BCUT2D eigenvalue weighted by Crippen LogP contribution is 2.53. The van der Waals surface area contributed by atoms with Gasteiger partial charge in [0.05, 0.1) is 0 Å². The molecule has 11 aliphatic rings. The normalized spacial score (nSPS) is 37.7. The Bertz CT molecular complexity index is 364. The first-order chi connectivity index (χ1) is 16.8. The molecule has 11 fully saturated rings. The minimum atomic E-state index is 0. The van der Waals surface area contributed by atoms with Gasteiger partial charge in [-0.3, -0.25) is 0 Å². The molecule has 0 atom stereocenters. The molecule has 0 aliphatic heterocycles. The molecule has 0 heterocycles. The minimum absolute atomic E-state index is 0.